The summed E-state index contributed by atoms with van der Waals surface area (Å²) in [6.07, 6.45) is 6.94. The molecule has 0 radical (unpaired) electrons. The lowest BCUT2D eigenvalue weighted by Gasteiger charge is -2.17. The number of imidazole rings is 1. The van der Waals surface area contributed by atoms with E-state index in [0.29, 0.717) is 17.4 Å². The van der Waals surface area contributed by atoms with Gasteiger partial charge in [-0.05, 0) is 50.8 Å². The summed E-state index contributed by atoms with van der Waals surface area (Å²) < 4.78 is 1.96. The smallest absolute Gasteiger partial charge is 0.250 e. The van der Waals surface area contributed by atoms with E-state index in [9.17, 15) is 4.79 Å². The highest BCUT2D eigenvalue weighted by atomic mass is 35.5. The zero-order chi connectivity index (χ0) is 22.8. The SMILES string of the molecule is Cc1cccc(Cl)c1Nc1nc2ccc(N(C)C(=O)C=CCN(C)C)cc2n2cncc12. The van der Waals surface area contributed by atoms with Crippen LogP contribution in [0.25, 0.3) is 16.6 Å². The van der Waals surface area contributed by atoms with Gasteiger partial charge in [-0.1, -0.05) is 29.8 Å². The number of aromatic nitrogens is 3. The third-order valence-corrected chi connectivity index (χ3v) is 5.56. The fourth-order valence-corrected chi connectivity index (χ4v) is 3.72. The van der Waals surface area contributed by atoms with Crippen molar-refractivity contribution in [3.63, 3.8) is 0 Å². The van der Waals surface area contributed by atoms with Crippen LogP contribution >= 0.6 is 11.6 Å². The molecule has 4 rings (SSSR count). The molecule has 32 heavy (non-hydrogen) atoms. The molecule has 8 heteroatoms. The van der Waals surface area contributed by atoms with Crippen molar-refractivity contribution in [3.05, 3.63) is 71.7 Å². The monoisotopic (exact) mass is 448 g/mol. The number of amides is 1. The molecular weight excluding hydrogens is 424 g/mol. The minimum absolute atomic E-state index is 0.0893. The molecule has 7 nitrogen and oxygen atoms in total. The molecule has 0 saturated carbocycles. The average Bonchev–Trinajstić information content (AvgIpc) is 3.26. The summed E-state index contributed by atoms with van der Waals surface area (Å²) in [7, 11) is 5.68. The number of rotatable bonds is 6. The molecule has 0 unspecified atom stereocenters. The highest BCUT2D eigenvalue weighted by Gasteiger charge is 2.14. The summed E-state index contributed by atoms with van der Waals surface area (Å²) in [5.74, 6) is 0.573. The van der Waals surface area contributed by atoms with Gasteiger partial charge in [0.1, 0.15) is 5.52 Å². The molecule has 164 valence electrons. The molecule has 1 N–H and O–H groups in total. The van der Waals surface area contributed by atoms with Crippen LogP contribution in [0.4, 0.5) is 17.2 Å². The Morgan fingerprint density at radius 2 is 2.00 bits per heavy atom. The standard InChI is InChI=1S/C24H25ClN6O/c1-16-7-5-8-18(25)23(16)28-24-21-14-26-15-31(21)20-13-17(10-11-19(20)27-24)30(4)22(32)9-6-12-29(2)3/h5-11,13-15H,12H2,1-4H3,(H,27,28). The molecule has 2 aromatic heterocycles. The number of hydrogen-bond donors (Lipinski definition) is 1. The van der Waals surface area contributed by atoms with E-state index in [0.717, 1.165) is 33.5 Å². The summed E-state index contributed by atoms with van der Waals surface area (Å²) >= 11 is 6.40. The summed E-state index contributed by atoms with van der Waals surface area (Å²) in [6, 6.07) is 11.5. The number of carbonyl (C=O) groups excluding carboxylic acids is 1. The molecule has 0 fully saturated rings. The first kappa shape index (κ1) is 21.8. The molecule has 1 amide bonds. The Balaban J connectivity index is 1.72. The minimum atomic E-state index is -0.0893. The van der Waals surface area contributed by atoms with Gasteiger partial charge in [0, 0.05) is 25.4 Å². The molecule has 0 aliphatic rings. The molecule has 2 aromatic carbocycles. The molecule has 4 aromatic rings. The van der Waals surface area contributed by atoms with Crippen molar-refractivity contribution in [3.8, 4) is 0 Å². The molecule has 0 atom stereocenters. The van der Waals surface area contributed by atoms with Crippen LogP contribution in [0.2, 0.25) is 5.02 Å². The molecular formula is C24H25ClN6O. The third kappa shape index (κ3) is 4.30. The number of benzene rings is 2. The lowest BCUT2D eigenvalue weighted by molar-refractivity contribution is -0.113. The van der Waals surface area contributed by atoms with Crippen molar-refractivity contribution < 1.29 is 4.79 Å². The van der Waals surface area contributed by atoms with Gasteiger partial charge >= 0.3 is 0 Å². The van der Waals surface area contributed by atoms with Crippen molar-refractivity contribution in [1.82, 2.24) is 19.3 Å². The van der Waals surface area contributed by atoms with Gasteiger partial charge in [-0.2, -0.15) is 0 Å². The Morgan fingerprint density at radius 3 is 2.75 bits per heavy atom. The van der Waals surface area contributed by atoms with Gasteiger partial charge in [-0.25, -0.2) is 9.97 Å². The van der Waals surface area contributed by atoms with E-state index < -0.39 is 0 Å². The molecule has 0 bridgehead atoms. The average molecular weight is 449 g/mol. The number of hydrogen-bond acceptors (Lipinski definition) is 5. The van der Waals surface area contributed by atoms with Crippen LogP contribution in [-0.4, -0.2) is 52.9 Å². The normalized spacial score (nSPS) is 11.7. The summed E-state index contributed by atoms with van der Waals surface area (Å²) in [6.45, 7) is 2.70. The third-order valence-electron chi connectivity index (χ3n) is 5.25. The van der Waals surface area contributed by atoms with Gasteiger partial charge in [0.05, 0.1) is 34.3 Å². The first-order valence-electron chi connectivity index (χ1n) is 10.2. The fourth-order valence-electron chi connectivity index (χ4n) is 3.45. The van der Waals surface area contributed by atoms with Crippen LogP contribution in [0.5, 0.6) is 0 Å². The van der Waals surface area contributed by atoms with Crippen LogP contribution in [0.3, 0.4) is 0 Å². The second kappa shape index (κ2) is 8.98. The van der Waals surface area contributed by atoms with E-state index in [1.165, 1.54) is 0 Å². The molecule has 2 heterocycles. The van der Waals surface area contributed by atoms with E-state index >= 15 is 0 Å². The van der Waals surface area contributed by atoms with E-state index in [4.69, 9.17) is 16.6 Å². The zero-order valence-corrected chi connectivity index (χ0v) is 19.3. The topological polar surface area (TPSA) is 65.8 Å². The molecule has 0 aliphatic carbocycles. The number of nitrogens with zero attached hydrogens (tertiary/aromatic N) is 5. The molecule has 0 spiro atoms. The number of nitrogens with one attached hydrogen (secondary N) is 1. The Labute approximate surface area is 191 Å². The van der Waals surface area contributed by atoms with Gasteiger partial charge in [0.2, 0.25) is 5.91 Å². The molecule has 0 aliphatic heterocycles. The Hall–Kier alpha value is -3.42. The van der Waals surface area contributed by atoms with Crippen LogP contribution in [0.15, 0.2) is 61.1 Å². The van der Waals surface area contributed by atoms with Crippen LogP contribution in [0, 0.1) is 6.92 Å². The number of halogens is 1. The van der Waals surface area contributed by atoms with Gasteiger partial charge in [-0.3, -0.25) is 9.20 Å². The zero-order valence-electron chi connectivity index (χ0n) is 18.5. The first-order chi connectivity index (χ1) is 15.3. The van der Waals surface area contributed by atoms with Gasteiger partial charge in [-0.15, -0.1) is 0 Å². The minimum Gasteiger partial charge on any atom is -0.337 e. The maximum Gasteiger partial charge on any atom is 0.250 e. The second-order valence-corrected chi connectivity index (χ2v) is 8.31. The number of fused-ring (bicyclic) bond motifs is 3. The number of anilines is 3. The van der Waals surface area contributed by atoms with E-state index in [1.54, 1.807) is 30.5 Å². The lowest BCUT2D eigenvalue weighted by Crippen LogP contribution is -2.24. The van der Waals surface area contributed by atoms with Crippen molar-refractivity contribution in [2.24, 2.45) is 0 Å². The molecule has 0 saturated heterocycles. The quantitative estimate of drug-likeness (QED) is 0.434. The van der Waals surface area contributed by atoms with E-state index in [2.05, 4.69) is 10.3 Å². The Kier molecular flexibility index (Phi) is 6.12. The maximum absolute atomic E-state index is 12.6. The van der Waals surface area contributed by atoms with Crippen LogP contribution < -0.4 is 10.2 Å². The van der Waals surface area contributed by atoms with Crippen molar-refractivity contribution in [2.45, 2.75) is 6.92 Å². The van der Waals surface area contributed by atoms with Crippen molar-refractivity contribution in [1.29, 1.82) is 0 Å². The Morgan fingerprint density at radius 1 is 1.19 bits per heavy atom. The van der Waals surface area contributed by atoms with Gasteiger partial charge in [0.15, 0.2) is 5.82 Å². The summed E-state index contributed by atoms with van der Waals surface area (Å²) in [5, 5.41) is 4.00. The lowest BCUT2D eigenvalue weighted by atomic mass is 10.2. The predicted molar refractivity (Wildman–Crippen MR) is 131 cm³/mol. The first-order valence-corrected chi connectivity index (χ1v) is 10.6. The van der Waals surface area contributed by atoms with Gasteiger partial charge < -0.3 is 15.1 Å². The maximum atomic E-state index is 12.6. The van der Waals surface area contributed by atoms with Crippen LogP contribution in [-0.2, 0) is 4.79 Å². The second-order valence-electron chi connectivity index (χ2n) is 7.90. The number of para-hydroxylation sites is 1. The number of carbonyl (C=O) groups is 1. The Bertz CT molecular complexity index is 1310. The predicted octanol–water partition coefficient (Wildman–Crippen LogP) is 4.67. The number of aryl methyl sites for hydroxylation is 1. The fraction of sp³-hybridized carbons (Fsp3) is 0.208. The van der Waals surface area contributed by atoms with Crippen LogP contribution in [0.1, 0.15) is 5.56 Å². The van der Waals surface area contributed by atoms with Crippen molar-refractivity contribution in [2.75, 3.05) is 37.9 Å². The highest BCUT2D eigenvalue weighted by Crippen LogP contribution is 2.31. The highest BCUT2D eigenvalue weighted by molar-refractivity contribution is 6.33. The largest absolute Gasteiger partial charge is 0.337 e. The van der Waals surface area contributed by atoms with Crippen molar-refractivity contribution >= 4 is 51.3 Å². The number of likely N-dealkylation sites (N-methyl/N-ethyl adjacent to an activating group) is 2. The van der Waals surface area contributed by atoms with E-state index in [1.807, 2.05) is 72.8 Å². The summed E-state index contributed by atoms with van der Waals surface area (Å²) in [4.78, 5) is 25.3. The summed E-state index contributed by atoms with van der Waals surface area (Å²) in [5.41, 5.74) is 5.06. The van der Waals surface area contributed by atoms with E-state index in [-0.39, 0.29) is 5.91 Å². The van der Waals surface area contributed by atoms with Gasteiger partial charge in [0.25, 0.3) is 0 Å².